The molecule has 0 aliphatic heterocycles. The molecule has 3 nitrogen and oxygen atoms in total. The first-order valence-electron chi connectivity index (χ1n) is 3.80. The van der Waals surface area contributed by atoms with Gasteiger partial charge in [-0.15, -0.1) is 0 Å². The van der Waals surface area contributed by atoms with E-state index in [0.29, 0.717) is 5.56 Å². The molecule has 0 amide bonds. The maximum Gasteiger partial charge on any atom is 0.335 e. The van der Waals surface area contributed by atoms with Gasteiger partial charge < -0.3 is 10.8 Å². The molecule has 4 heteroatoms. The molecule has 1 rings (SSSR count). The molecule has 70 valence electrons. The van der Waals surface area contributed by atoms with Crippen molar-refractivity contribution in [3.63, 3.8) is 0 Å². The summed E-state index contributed by atoms with van der Waals surface area (Å²) < 4.78 is 0.824. The molecule has 0 saturated carbocycles. The van der Waals surface area contributed by atoms with Crippen LogP contribution in [0.4, 0.5) is 0 Å². The number of aromatic carboxylic acids is 1. The summed E-state index contributed by atoms with van der Waals surface area (Å²) in [5.41, 5.74) is 7.03. The number of nitrogens with two attached hydrogens (primary N) is 1. The topological polar surface area (TPSA) is 63.3 Å². The van der Waals surface area contributed by atoms with Crippen molar-refractivity contribution in [3.8, 4) is 0 Å². The lowest BCUT2D eigenvalue weighted by atomic mass is 10.1. The SMILES string of the molecule is NC(CI)c1ccc(C(=O)O)cc1. The van der Waals surface area contributed by atoms with Crippen LogP contribution < -0.4 is 5.73 Å². The molecule has 0 heterocycles. The van der Waals surface area contributed by atoms with Crippen molar-refractivity contribution in [1.82, 2.24) is 0 Å². The van der Waals surface area contributed by atoms with Crippen LogP contribution in [0, 0.1) is 0 Å². The van der Waals surface area contributed by atoms with E-state index in [1.54, 1.807) is 24.3 Å². The smallest absolute Gasteiger partial charge is 0.335 e. The number of carbonyl (C=O) groups is 1. The molecule has 1 aromatic rings. The van der Waals surface area contributed by atoms with Gasteiger partial charge in [0.2, 0.25) is 0 Å². The first kappa shape index (κ1) is 10.5. The van der Waals surface area contributed by atoms with Crippen molar-refractivity contribution < 1.29 is 9.90 Å². The minimum atomic E-state index is -0.908. The zero-order valence-electron chi connectivity index (χ0n) is 6.90. The lowest BCUT2D eigenvalue weighted by Crippen LogP contribution is -2.11. The van der Waals surface area contributed by atoms with E-state index in [0.717, 1.165) is 9.99 Å². The number of hydrogen-bond acceptors (Lipinski definition) is 2. The van der Waals surface area contributed by atoms with Crippen molar-refractivity contribution in [1.29, 1.82) is 0 Å². The van der Waals surface area contributed by atoms with Gasteiger partial charge >= 0.3 is 5.97 Å². The molecule has 0 aromatic heterocycles. The first-order chi connectivity index (χ1) is 6.15. The van der Waals surface area contributed by atoms with E-state index in [9.17, 15) is 4.79 Å². The van der Waals surface area contributed by atoms with Crippen molar-refractivity contribution >= 4 is 28.6 Å². The number of hydrogen-bond donors (Lipinski definition) is 2. The maximum absolute atomic E-state index is 10.5. The van der Waals surface area contributed by atoms with Crippen molar-refractivity contribution in [2.75, 3.05) is 4.43 Å². The molecular weight excluding hydrogens is 281 g/mol. The fourth-order valence-corrected chi connectivity index (χ4v) is 1.47. The molecule has 1 atom stereocenters. The molecule has 13 heavy (non-hydrogen) atoms. The molecule has 0 bridgehead atoms. The normalized spacial score (nSPS) is 12.5. The van der Waals surface area contributed by atoms with Gasteiger partial charge in [0.15, 0.2) is 0 Å². The van der Waals surface area contributed by atoms with Crippen LogP contribution in [0.15, 0.2) is 24.3 Å². The molecule has 3 N–H and O–H groups in total. The van der Waals surface area contributed by atoms with Crippen LogP contribution in [0.25, 0.3) is 0 Å². The highest BCUT2D eigenvalue weighted by atomic mass is 127. The molecule has 1 unspecified atom stereocenters. The number of carboxylic acid groups (broad SMARTS) is 1. The summed E-state index contributed by atoms with van der Waals surface area (Å²) in [6, 6.07) is 6.65. The summed E-state index contributed by atoms with van der Waals surface area (Å²) >= 11 is 2.20. The van der Waals surface area contributed by atoms with E-state index in [1.165, 1.54) is 0 Å². The fraction of sp³-hybridized carbons (Fsp3) is 0.222. The predicted octanol–water partition coefficient (Wildman–Crippen LogP) is 1.82. The third kappa shape index (κ3) is 2.67. The van der Waals surface area contributed by atoms with E-state index in [1.807, 2.05) is 0 Å². The average molecular weight is 291 g/mol. The second-order valence-electron chi connectivity index (χ2n) is 2.69. The highest BCUT2D eigenvalue weighted by Gasteiger charge is 2.05. The quantitative estimate of drug-likeness (QED) is 0.659. The summed E-state index contributed by atoms with van der Waals surface area (Å²) in [5, 5.41) is 8.64. The van der Waals surface area contributed by atoms with Crippen LogP contribution in [0.2, 0.25) is 0 Å². The summed E-state index contributed by atoms with van der Waals surface area (Å²) in [7, 11) is 0. The van der Waals surface area contributed by atoms with E-state index in [4.69, 9.17) is 10.8 Å². The van der Waals surface area contributed by atoms with Gasteiger partial charge in [0.25, 0.3) is 0 Å². The Balaban J connectivity index is 2.87. The highest BCUT2D eigenvalue weighted by molar-refractivity contribution is 14.1. The Morgan fingerprint density at radius 1 is 1.46 bits per heavy atom. The molecule has 0 spiro atoms. The van der Waals surface area contributed by atoms with Crippen LogP contribution in [-0.4, -0.2) is 15.5 Å². The van der Waals surface area contributed by atoms with Gasteiger partial charge in [0.05, 0.1) is 5.56 Å². The van der Waals surface area contributed by atoms with Gasteiger partial charge in [-0.2, -0.15) is 0 Å². The van der Waals surface area contributed by atoms with Crippen LogP contribution in [-0.2, 0) is 0 Å². The monoisotopic (exact) mass is 291 g/mol. The summed E-state index contributed by atoms with van der Waals surface area (Å²) in [6.07, 6.45) is 0. The van der Waals surface area contributed by atoms with Gasteiger partial charge in [-0.25, -0.2) is 4.79 Å². The Labute approximate surface area is 90.1 Å². The first-order valence-corrected chi connectivity index (χ1v) is 5.32. The van der Waals surface area contributed by atoms with Gasteiger partial charge in [-0.3, -0.25) is 0 Å². The molecular formula is C9H10INO2. The molecule has 0 radical (unpaired) electrons. The van der Waals surface area contributed by atoms with Crippen LogP contribution >= 0.6 is 22.6 Å². The Hall–Kier alpha value is -0.620. The standard InChI is InChI=1S/C9H10INO2/c10-5-8(11)6-1-3-7(4-2-6)9(12)13/h1-4,8H,5,11H2,(H,12,13). The Morgan fingerprint density at radius 3 is 2.38 bits per heavy atom. The Kier molecular flexibility index (Phi) is 3.68. The Morgan fingerprint density at radius 2 is 2.00 bits per heavy atom. The molecule has 0 aliphatic rings. The third-order valence-corrected chi connectivity index (χ3v) is 2.70. The minimum absolute atomic E-state index is 0.0107. The second kappa shape index (κ2) is 4.57. The van der Waals surface area contributed by atoms with Gasteiger partial charge in [0, 0.05) is 10.5 Å². The van der Waals surface area contributed by atoms with Gasteiger partial charge in [0.1, 0.15) is 0 Å². The highest BCUT2D eigenvalue weighted by Crippen LogP contribution is 2.13. The van der Waals surface area contributed by atoms with Crippen molar-refractivity contribution in [2.24, 2.45) is 5.73 Å². The Bertz CT molecular complexity index is 297. The van der Waals surface area contributed by atoms with E-state index < -0.39 is 5.97 Å². The van der Waals surface area contributed by atoms with E-state index in [2.05, 4.69) is 22.6 Å². The van der Waals surface area contributed by atoms with Crippen LogP contribution in [0.3, 0.4) is 0 Å². The molecule has 1 aromatic carbocycles. The zero-order valence-corrected chi connectivity index (χ0v) is 9.06. The second-order valence-corrected chi connectivity index (χ2v) is 3.57. The third-order valence-electron chi connectivity index (χ3n) is 1.75. The van der Waals surface area contributed by atoms with Gasteiger partial charge in [-0.1, -0.05) is 34.7 Å². The molecule has 0 saturated heterocycles. The van der Waals surface area contributed by atoms with Gasteiger partial charge in [-0.05, 0) is 17.7 Å². The lowest BCUT2D eigenvalue weighted by molar-refractivity contribution is 0.0697. The maximum atomic E-state index is 10.5. The van der Waals surface area contributed by atoms with Crippen LogP contribution in [0.1, 0.15) is 22.0 Å². The molecule has 0 aliphatic carbocycles. The largest absolute Gasteiger partial charge is 0.478 e. The number of rotatable bonds is 3. The molecule has 0 fully saturated rings. The number of carboxylic acids is 1. The minimum Gasteiger partial charge on any atom is -0.478 e. The lowest BCUT2D eigenvalue weighted by Gasteiger charge is -2.07. The number of benzene rings is 1. The summed E-state index contributed by atoms with van der Waals surface area (Å²) in [4.78, 5) is 10.5. The zero-order chi connectivity index (χ0) is 9.84. The fourth-order valence-electron chi connectivity index (χ4n) is 0.962. The van der Waals surface area contributed by atoms with E-state index >= 15 is 0 Å². The van der Waals surface area contributed by atoms with Crippen LogP contribution in [0.5, 0.6) is 0 Å². The summed E-state index contributed by atoms with van der Waals surface area (Å²) in [6.45, 7) is 0. The average Bonchev–Trinajstić information content (AvgIpc) is 2.17. The van der Waals surface area contributed by atoms with E-state index in [-0.39, 0.29) is 6.04 Å². The number of alkyl halides is 1. The summed E-state index contributed by atoms with van der Waals surface area (Å²) in [5.74, 6) is -0.908. The van der Waals surface area contributed by atoms with Crippen molar-refractivity contribution in [2.45, 2.75) is 6.04 Å². The number of halogens is 1. The predicted molar refractivity (Wildman–Crippen MR) is 59.2 cm³/mol. The van der Waals surface area contributed by atoms with Crippen molar-refractivity contribution in [3.05, 3.63) is 35.4 Å².